The molecule has 2 aliphatic heterocycles. The Morgan fingerprint density at radius 3 is 2.64 bits per heavy atom. The summed E-state index contributed by atoms with van der Waals surface area (Å²) in [4.78, 5) is 44.6. The molecule has 1 aromatic carbocycles. The largest absolute Gasteiger partial charge is 0.482 e. The highest BCUT2D eigenvalue weighted by atomic mass is 17.2. The lowest BCUT2D eigenvalue weighted by Crippen LogP contribution is -2.61. The number of fused-ring (bicyclic) bond motifs is 4. The summed E-state index contributed by atoms with van der Waals surface area (Å²) in [5, 5.41) is 59.2. The van der Waals surface area contributed by atoms with Gasteiger partial charge in [-0.2, -0.15) is 0 Å². The van der Waals surface area contributed by atoms with Crippen LogP contribution in [-0.4, -0.2) is 106 Å². The average Bonchev–Trinajstić information content (AvgIpc) is 4.07. The molecule has 0 radical (unpaired) electrons. The van der Waals surface area contributed by atoms with E-state index in [1.165, 1.54) is 6.07 Å². The van der Waals surface area contributed by atoms with Crippen LogP contribution in [0.5, 0.6) is 5.75 Å². The molecule has 314 valence electrons. The van der Waals surface area contributed by atoms with E-state index >= 15 is 0 Å². The van der Waals surface area contributed by atoms with Gasteiger partial charge in [0.15, 0.2) is 16.8 Å². The standard InChI is InChI=1S/C43H51N5O11/c1-3-31-27-6-10-45-30(27)19-48(31)38-39-25(14-28-33(50)13-23(2)57-40(28)38)15-36(42(58-39)9-4-5-24(17-42)26-16-37(53)46-18-26)59-56-21-35(52)43(55,41(54)34(51)20-49)22-47-12-8-29-32(47)7-11-44-29/h6-8,10-14,19,24,26,34-36,41,44-45,49,51-52,54-55H,3-5,9,15-18,20-22H2,1-2H3,(H,46,53)/t24-,26+,34-,35+,36-,41-,42-,43-/m1/s1. The molecular weight excluding hydrogens is 762 g/mol. The third kappa shape index (κ3) is 6.76. The summed E-state index contributed by atoms with van der Waals surface area (Å²) in [6.07, 6.45) is 5.00. The molecule has 1 spiro atoms. The van der Waals surface area contributed by atoms with Gasteiger partial charge in [0.2, 0.25) is 5.91 Å². The van der Waals surface area contributed by atoms with E-state index in [2.05, 4.69) is 22.2 Å². The van der Waals surface area contributed by atoms with Crippen molar-refractivity contribution in [3.8, 4) is 11.4 Å². The van der Waals surface area contributed by atoms with Crippen LogP contribution < -0.4 is 15.5 Å². The second-order valence-corrected chi connectivity index (χ2v) is 16.7. The van der Waals surface area contributed by atoms with Crippen LogP contribution in [0.25, 0.3) is 38.6 Å². The summed E-state index contributed by atoms with van der Waals surface area (Å²) < 4.78 is 17.4. The number of rotatable bonds is 13. The Kier molecular flexibility index (Phi) is 10.2. The lowest BCUT2D eigenvalue weighted by molar-refractivity contribution is -0.369. The lowest BCUT2D eigenvalue weighted by Gasteiger charge is -2.49. The number of benzene rings is 1. The fourth-order valence-electron chi connectivity index (χ4n) is 9.96. The van der Waals surface area contributed by atoms with Crippen molar-refractivity contribution in [3.05, 3.63) is 82.4 Å². The average molecular weight is 814 g/mol. The highest BCUT2D eigenvalue weighted by Gasteiger charge is 2.53. The smallest absolute Gasteiger partial charge is 0.220 e. The monoisotopic (exact) mass is 813 g/mol. The molecule has 1 saturated carbocycles. The zero-order chi connectivity index (χ0) is 41.2. The zero-order valence-corrected chi connectivity index (χ0v) is 33.0. The number of hydrogen-bond donors (Lipinski definition) is 8. The van der Waals surface area contributed by atoms with Gasteiger partial charge in [0.05, 0.1) is 35.1 Å². The molecule has 7 heterocycles. The topological polar surface area (TPSA) is 230 Å². The number of carbonyl (C=O) groups is 1. The van der Waals surface area contributed by atoms with Crippen LogP contribution in [0.15, 0.2) is 64.3 Å². The lowest BCUT2D eigenvalue weighted by atomic mass is 9.68. The van der Waals surface area contributed by atoms with Gasteiger partial charge in [0, 0.05) is 66.9 Å². The van der Waals surface area contributed by atoms with Gasteiger partial charge in [-0.25, -0.2) is 9.78 Å². The predicted octanol–water partition coefficient (Wildman–Crippen LogP) is 3.04. The summed E-state index contributed by atoms with van der Waals surface area (Å²) in [5.41, 5.74) is 1.45. The highest BCUT2D eigenvalue weighted by molar-refractivity contribution is 5.92. The van der Waals surface area contributed by atoms with Crippen molar-refractivity contribution < 1.29 is 49.3 Å². The Hall–Kier alpha value is -4.94. The van der Waals surface area contributed by atoms with Gasteiger partial charge in [0.1, 0.15) is 53.7 Å². The number of aliphatic hydroxyl groups excluding tert-OH is 4. The van der Waals surface area contributed by atoms with Crippen molar-refractivity contribution in [2.45, 2.75) is 101 Å². The van der Waals surface area contributed by atoms with Crippen molar-refractivity contribution in [3.63, 3.8) is 0 Å². The minimum absolute atomic E-state index is 0.0161. The number of carbonyl (C=O) groups excluding carboxylic acids is 1. The summed E-state index contributed by atoms with van der Waals surface area (Å²) in [6.45, 7) is 2.53. The van der Waals surface area contributed by atoms with Crippen LogP contribution in [0.3, 0.4) is 0 Å². The number of aromatic nitrogens is 4. The van der Waals surface area contributed by atoms with Crippen LogP contribution in [0, 0.1) is 18.8 Å². The number of aryl methyl sites for hydroxylation is 2. The van der Waals surface area contributed by atoms with Crippen LogP contribution in [-0.2, 0) is 34.0 Å². The minimum atomic E-state index is -2.40. The van der Waals surface area contributed by atoms with Gasteiger partial charge in [0.25, 0.3) is 0 Å². The highest BCUT2D eigenvalue weighted by Crippen LogP contribution is 2.51. The number of ether oxygens (including phenoxy) is 1. The second kappa shape index (κ2) is 15.3. The first-order valence-corrected chi connectivity index (χ1v) is 20.4. The number of aliphatic hydroxyl groups is 5. The number of nitrogens with one attached hydrogen (secondary N) is 3. The van der Waals surface area contributed by atoms with Gasteiger partial charge in [-0.05, 0) is 75.1 Å². The first-order valence-electron chi connectivity index (χ1n) is 20.4. The second-order valence-electron chi connectivity index (χ2n) is 16.7. The Bertz CT molecular complexity index is 2570. The molecule has 5 aromatic heterocycles. The molecule has 3 aliphatic rings. The maximum atomic E-state index is 13.7. The molecule has 1 aliphatic carbocycles. The molecule has 2 fully saturated rings. The van der Waals surface area contributed by atoms with Gasteiger partial charge >= 0.3 is 0 Å². The van der Waals surface area contributed by atoms with Crippen LogP contribution in [0.1, 0.15) is 56.0 Å². The van der Waals surface area contributed by atoms with E-state index in [-0.39, 0.29) is 36.1 Å². The predicted molar refractivity (Wildman–Crippen MR) is 215 cm³/mol. The number of H-pyrrole nitrogens is 2. The third-order valence-corrected chi connectivity index (χ3v) is 13.1. The van der Waals surface area contributed by atoms with E-state index in [1.54, 1.807) is 42.1 Å². The Morgan fingerprint density at radius 1 is 1.05 bits per heavy atom. The van der Waals surface area contributed by atoms with Crippen LogP contribution in [0.2, 0.25) is 0 Å². The van der Waals surface area contributed by atoms with Crippen LogP contribution in [0.4, 0.5) is 0 Å². The number of nitrogens with zero attached hydrogens (tertiary/aromatic N) is 2. The summed E-state index contributed by atoms with van der Waals surface area (Å²) in [5.74, 6) is 1.23. The van der Waals surface area contributed by atoms with Crippen molar-refractivity contribution in [1.82, 2.24) is 24.4 Å². The molecule has 16 nitrogen and oxygen atoms in total. The Balaban J connectivity index is 1.09. The quantitative estimate of drug-likeness (QED) is 0.0624. The number of amides is 1. The Morgan fingerprint density at radius 2 is 1.86 bits per heavy atom. The molecule has 1 saturated heterocycles. The van der Waals surface area contributed by atoms with Gasteiger partial charge in [-0.3, -0.25) is 9.59 Å². The maximum Gasteiger partial charge on any atom is 0.220 e. The van der Waals surface area contributed by atoms with E-state index < -0.39 is 48.8 Å². The van der Waals surface area contributed by atoms with E-state index in [9.17, 15) is 35.1 Å². The molecule has 6 aromatic rings. The van der Waals surface area contributed by atoms with E-state index in [0.717, 1.165) is 35.0 Å². The van der Waals surface area contributed by atoms with Gasteiger partial charge in [-0.1, -0.05) is 6.92 Å². The number of hydrogen-bond acceptors (Lipinski definition) is 11. The minimum Gasteiger partial charge on any atom is -0.482 e. The Labute approximate surface area is 338 Å². The molecule has 8 atom stereocenters. The van der Waals surface area contributed by atoms with E-state index in [4.69, 9.17) is 18.9 Å². The van der Waals surface area contributed by atoms with Gasteiger partial charge < -0.3 is 59.1 Å². The fraction of sp³-hybridized carbons (Fsp3) is 0.488. The third-order valence-electron chi connectivity index (χ3n) is 13.1. The zero-order valence-electron chi connectivity index (χ0n) is 33.0. The molecule has 0 unspecified atom stereocenters. The molecule has 0 bridgehead atoms. The van der Waals surface area contributed by atoms with Crippen molar-refractivity contribution in [2.24, 2.45) is 11.8 Å². The molecule has 1 amide bonds. The first kappa shape index (κ1) is 39.5. The van der Waals surface area contributed by atoms with Gasteiger partial charge in [-0.15, -0.1) is 0 Å². The summed E-state index contributed by atoms with van der Waals surface area (Å²) in [6, 6.07) is 8.80. The fourth-order valence-corrected chi connectivity index (χ4v) is 9.96. The van der Waals surface area contributed by atoms with Crippen LogP contribution >= 0.6 is 0 Å². The van der Waals surface area contributed by atoms with Crippen molar-refractivity contribution in [1.29, 1.82) is 0 Å². The molecule has 8 N–H and O–H groups in total. The van der Waals surface area contributed by atoms with E-state index in [1.807, 2.05) is 23.0 Å². The van der Waals surface area contributed by atoms with Crippen molar-refractivity contribution >= 4 is 38.8 Å². The molecule has 9 rings (SSSR count). The molecule has 16 heteroatoms. The van der Waals surface area contributed by atoms with Crippen molar-refractivity contribution in [2.75, 3.05) is 19.8 Å². The maximum absolute atomic E-state index is 13.7. The summed E-state index contributed by atoms with van der Waals surface area (Å²) >= 11 is 0. The summed E-state index contributed by atoms with van der Waals surface area (Å²) in [7, 11) is 0. The molecule has 59 heavy (non-hydrogen) atoms. The SMILES string of the molecule is CCc1c2cc[nH]c2cn1-c1c2c(cc3c(=O)cc(C)oc13)C[C@@H](OOC[C@H](O)[C@](O)(Cn1ccc3[nH]ccc31)[C@H](O)[C@H](O)CO)[C@]1(CCC[C@@H]([C@@H]3CNC(=O)C3)C1)O2. The first-order chi connectivity index (χ1) is 28.4. The molecular formula is C43H51N5O11. The normalized spacial score (nSPS) is 24.7. The number of aromatic amines is 2. The van der Waals surface area contributed by atoms with E-state index in [0.29, 0.717) is 71.5 Å².